The number of piperazine rings is 1. The summed E-state index contributed by atoms with van der Waals surface area (Å²) in [6.07, 6.45) is 1.71. The average Bonchev–Trinajstić information content (AvgIpc) is 2.99. The van der Waals surface area contributed by atoms with Gasteiger partial charge in [-0.1, -0.05) is 35.5 Å². The van der Waals surface area contributed by atoms with Crippen molar-refractivity contribution in [3.63, 3.8) is 0 Å². The fourth-order valence-corrected chi connectivity index (χ4v) is 2.69. The molecule has 0 atom stereocenters. The zero-order valence-corrected chi connectivity index (χ0v) is 12.4. The lowest BCUT2D eigenvalue weighted by atomic mass is 10.2. The van der Waals surface area contributed by atoms with Gasteiger partial charge < -0.3 is 14.3 Å². The summed E-state index contributed by atoms with van der Waals surface area (Å²) in [5.41, 5.74) is 2.42. The second-order valence-electron chi connectivity index (χ2n) is 5.57. The Kier molecular flexibility index (Phi) is 3.23. The second kappa shape index (κ2) is 5.38. The molecule has 4 rings (SSSR count). The van der Waals surface area contributed by atoms with E-state index in [0.717, 1.165) is 43.1 Å². The largest absolute Gasteiger partial charge is 0.351 e. The van der Waals surface area contributed by atoms with E-state index in [1.165, 1.54) is 0 Å². The van der Waals surface area contributed by atoms with Gasteiger partial charge in [0.15, 0.2) is 17.2 Å². The first-order valence-corrected chi connectivity index (χ1v) is 7.42. The van der Waals surface area contributed by atoms with Crippen LogP contribution in [0.3, 0.4) is 0 Å². The molecule has 1 aliphatic rings. The predicted molar refractivity (Wildman–Crippen MR) is 84.7 cm³/mol. The highest BCUT2D eigenvalue weighted by Gasteiger charge is 2.21. The quantitative estimate of drug-likeness (QED) is 0.721. The summed E-state index contributed by atoms with van der Waals surface area (Å²) in [4.78, 5) is 13.6. The second-order valence-corrected chi connectivity index (χ2v) is 5.57. The number of nitrogens with zero attached hydrogens (tertiary/aromatic N) is 5. The molecule has 1 fully saturated rings. The third-order valence-corrected chi connectivity index (χ3v) is 4.03. The molecule has 1 aromatic carbocycles. The molecule has 2 aromatic heterocycles. The maximum atomic E-state index is 5.39. The minimum Gasteiger partial charge on any atom is -0.351 e. The van der Waals surface area contributed by atoms with Gasteiger partial charge in [-0.2, -0.15) is 0 Å². The maximum absolute atomic E-state index is 5.39. The van der Waals surface area contributed by atoms with Crippen LogP contribution in [0.5, 0.6) is 0 Å². The Morgan fingerprint density at radius 3 is 2.59 bits per heavy atom. The molecule has 0 unspecified atom stereocenters. The van der Waals surface area contributed by atoms with E-state index in [2.05, 4.69) is 32.0 Å². The normalized spacial score (nSPS) is 16.3. The smallest absolute Gasteiger partial charge is 0.205 e. The topological polar surface area (TPSA) is 58.3 Å². The number of anilines is 1. The maximum Gasteiger partial charge on any atom is 0.205 e. The first-order valence-electron chi connectivity index (χ1n) is 7.42. The molecule has 3 heterocycles. The van der Waals surface area contributed by atoms with E-state index < -0.39 is 0 Å². The Bertz CT molecular complexity index is 778. The van der Waals surface area contributed by atoms with Crippen LogP contribution in [0, 0.1) is 0 Å². The van der Waals surface area contributed by atoms with E-state index in [9.17, 15) is 0 Å². The van der Waals surface area contributed by atoms with E-state index >= 15 is 0 Å². The van der Waals surface area contributed by atoms with Gasteiger partial charge in [0, 0.05) is 31.7 Å². The van der Waals surface area contributed by atoms with Crippen molar-refractivity contribution in [2.24, 2.45) is 0 Å². The van der Waals surface area contributed by atoms with Gasteiger partial charge in [0.1, 0.15) is 0 Å². The van der Waals surface area contributed by atoms with E-state index in [1.807, 2.05) is 30.3 Å². The van der Waals surface area contributed by atoms with Crippen molar-refractivity contribution in [3.05, 3.63) is 36.5 Å². The Hall–Kier alpha value is -2.47. The van der Waals surface area contributed by atoms with Gasteiger partial charge in [0.25, 0.3) is 0 Å². The number of fused-ring (bicyclic) bond motifs is 1. The molecule has 0 spiro atoms. The molecule has 0 aliphatic carbocycles. The predicted octanol–water partition coefficient (Wildman–Crippen LogP) is 2.04. The molecule has 1 saturated heterocycles. The van der Waals surface area contributed by atoms with E-state index in [0.29, 0.717) is 11.4 Å². The van der Waals surface area contributed by atoms with Crippen molar-refractivity contribution >= 4 is 16.9 Å². The lowest BCUT2D eigenvalue weighted by Crippen LogP contribution is -2.44. The SMILES string of the molecule is CN1CCN(c2noc3cnc(-c4ccccc4)nc23)CC1. The molecule has 0 amide bonds. The molecule has 0 bridgehead atoms. The van der Waals surface area contributed by atoms with Crippen molar-refractivity contribution in [2.75, 3.05) is 38.1 Å². The molecule has 6 heteroatoms. The Morgan fingerprint density at radius 1 is 1.05 bits per heavy atom. The van der Waals surface area contributed by atoms with Gasteiger partial charge in [0.05, 0.1) is 6.20 Å². The van der Waals surface area contributed by atoms with Crippen LogP contribution in [0.2, 0.25) is 0 Å². The molecule has 0 radical (unpaired) electrons. The monoisotopic (exact) mass is 295 g/mol. The zero-order valence-electron chi connectivity index (χ0n) is 12.4. The van der Waals surface area contributed by atoms with Gasteiger partial charge in [-0.15, -0.1) is 0 Å². The number of likely N-dealkylation sites (N-methyl/N-ethyl adjacent to an activating group) is 1. The highest BCUT2D eigenvalue weighted by molar-refractivity contribution is 5.85. The summed E-state index contributed by atoms with van der Waals surface area (Å²) in [7, 11) is 2.13. The number of benzene rings is 1. The molecule has 3 aromatic rings. The Morgan fingerprint density at radius 2 is 1.82 bits per heavy atom. The molecular formula is C16H17N5O. The van der Waals surface area contributed by atoms with Gasteiger partial charge >= 0.3 is 0 Å². The summed E-state index contributed by atoms with van der Waals surface area (Å²) in [5.74, 6) is 1.52. The van der Waals surface area contributed by atoms with Crippen LogP contribution in [-0.2, 0) is 0 Å². The summed E-state index contributed by atoms with van der Waals surface area (Å²) in [6.45, 7) is 3.90. The summed E-state index contributed by atoms with van der Waals surface area (Å²) >= 11 is 0. The third kappa shape index (κ3) is 2.31. The highest BCUT2D eigenvalue weighted by Crippen LogP contribution is 2.26. The van der Waals surface area contributed by atoms with E-state index in [4.69, 9.17) is 4.52 Å². The highest BCUT2D eigenvalue weighted by atomic mass is 16.5. The van der Waals surface area contributed by atoms with Crippen LogP contribution >= 0.6 is 0 Å². The first kappa shape index (κ1) is 13.2. The van der Waals surface area contributed by atoms with Crippen LogP contribution in [0.4, 0.5) is 5.82 Å². The van der Waals surface area contributed by atoms with Gasteiger partial charge in [-0.05, 0) is 7.05 Å². The lowest BCUT2D eigenvalue weighted by molar-refractivity contribution is 0.310. The van der Waals surface area contributed by atoms with Crippen molar-refractivity contribution in [3.8, 4) is 11.4 Å². The van der Waals surface area contributed by atoms with Crippen LogP contribution in [0.25, 0.3) is 22.5 Å². The van der Waals surface area contributed by atoms with Crippen LogP contribution in [-0.4, -0.2) is 53.3 Å². The zero-order chi connectivity index (χ0) is 14.9. The molecule has 1 aliphatic heterocycles. The summed E-state index contributed by atoms with van der Waals surface area (Å²) < 4.78 is 5.39. The fourth-order valence-electron chi connectivity index (χ4n) is 2.69. The summed E-state index contributed by atoms with van der Waals surface area (Å²) in [6, 6.07) is 9.96. The van der Waals surface area contributed by atoms with Gasteiger partial charge in [-0.25, -0.2) is 9.97 Å². The summed E-state index contributed by atoms with van der Waals surface area (Å²) in [5, 5.41) is 4.21. The number of rotatable bonds is 2. The molecular weight excluding hydrogens is 278 g/mol. The fraction of sp³-hybridized carbons (Fsp3) is 0.312. The Labute approximate surface area is 128 Å². The molecule has 6 nitrogen and oxygen atoms in total. The number of hydrogen-bond acceptors (Lipinski definition) is 6. The van der Waals surface area contributed by atoms with Crippen molar-refractivity contribution < 1.29 is 4.52 Å². The molecule has 0 N–H and O–H groups in total. The minimum absolute atomic E-state index is 0.633. The van der Waals surface area contributed by atoms with Crippen LogP contribution in [0.15, 0.2) is 41.1 Å². The molecule has 0 saturated carbocycles. The average molecular weight is 295 g/mol. The van der Waals surface area contributed by atoms with Crippen LogP contribution in [0.1, 0.15) is 0 Å². The van der Waals surface area contributed by atoms with E-state index in [1.54, 1.807) is 6.20 Å². The molecule has 22 heavy (non-hydrogen) atoms. The molecule has 112 valence electrons. The van der Waals surface area contributed by atoms with E-state index in [-0.39, 0.29) is 0 Å². The standard InChI is InChI=1S/C16H17N5O/c1-20-7-9-21(10-8-20)16-14-13(22-19-16)11-17-15(18-14)12-5-3-2-4-6-12/h2-6,11H,7-10H2,1H3. The van der Waals surface area contributed by atoms with Crippen LogP contribution < -0.4 is 4.90 Å². The third-order valence-electron chi connectivity index (χ3n) is 4.03. The van der Waals surface area contributed by atoms with Crippen molar-refractivity contribution in [1.82, 2.24) is 20.0 Å². The van der Waals surface area contributed by atoms with Gasteiger partial charge in [-0.3, -0.25) is 0 Å². The lowest BCUT2D eigenvalue weighted by Gasteiger charge is -2.32. The number of hydrogen-bond donors (Lipinski definition) is 0. The Balaban J connectivity index is 1.74. The van der Waals surface area contributed by atoms with Crippen molar-refractivity contribution in [1.29, 1.82) is 0 Å². The van der Waals surface area contributed by atoms with Crippen molar-refractivity contribution in [2.45, 2.75) is 0 Å². The minimum atomic E-state index is 0.633. The first-order chi connectivity index (χ1) is 10.8. The van der Waals surface area contributed by atoms with Gasteiger partial charge in [0.2, 0.25) is 5.58 Å². The number of aromatic nitrogens is 3.